The second kappa shape index (κ2) is 12.6. The van der Waals surface area contributed by atoms with Gasteiger partial charge in [-0.15, -0.1) is 0 Å². The summed E-state index contributed by atoms with van der Waals surface area (Å²) in [4.78, 5) is 41.8. The molecule has 2 atom stereocenters. The van der Waals surface area contributed by atoms with Gasteiger partial charge in [0.15, 0.2) is 0 Å². The summed E-state index contributed by atoms with van der Waals surface area (Å²) in [6.07, 6.45) is 4.48. The Labute approximate surface area is 221 Å². The van der Waals surface area contributed by atoms with Crippen LogP contribution in [0.3, 0.4) is 0 Å². The van der Waals surface area contributed by atoms with E-state index in [-0.39, 0.29) is 17.4 Å². The number of aliphatic hydroxyl groups excluding tert-OH is 1. The maximum atomic E-state index is 14.0. The fraction of sp³-hybridized carbons (Fsp3) is 0.679. The van der Waals surface area contributed by atoms with Gasteiger partial charge >= 0.3 is 6.09 Å². The van der Waals surface area contributed by atoms with E-state index in [0.717, 1.165) is 32.1 Å². The van der Waals surface area contributed by atoms with E-state index in [2.05, 4.69) is 10.6 Å². The molecule has 0 aliphatic heterocycles. The first-order chi connectivity index (χ1) is 17.2. The molecule has 1 fully saturated rings. The topological polar surface area (TPSA) is 128 Å². The van der Waals surface area contributed by atoms with Crippen molar-refractivity contribution in [3.8, 4) is 5.75 Å². The second-order valence-electron chi connectivity index (χ2n) is 11.5. The number of carbonyl (C=O) groups excluding carboxylic acids is 3. The summed E-state index contributed by atoms with van der Waals surface area (Å²) < 4.78 is 5.29. The summed E-state index contributed by atoms with van der Waals surface area (Å²) in [6.45, 7) is 11.7. The SMILES string of the molecule is CCC(C)(C)N(C(=O)C(CO)NC(=O)OC(C)(C)C)C(C(=O)NC1CCCCC1)c1cccc(C)c1O. The summed E-state index contributed by atoms with van der Waals surface area (Å²) in [5.41, 5.74) is -0.812. The molecule has 2 rings (SSSR count). The van der Waals surface area contributed by atoms with Crippen molar-refractivity contribution < 1.29 is 29.3 Å². The van der Waals surface area contributed by atoms with Crippen molar-refractivity contribution in [1.29, 1.82) is 0 Å². The Balaban J connectivity index is 2.56. The van der Waals surface area contributed by atoms with E-state index in [1.54, 1.807) is 45.9 Å². The molecular formula is C28H45N3O6. The van der Waals surface area contributed by atoms with Crippen molar-refractivity contribution >= 4 is 17.9 Å². The zero-order valence-electron chi connectivity index (χ0n) is 23.4. The third-order valence-corrected chi connectivity index (χ3v) is 6.95. The van der Waals surface area contributed by atoms with E-state index in [1.807, 2.05) is 20.8 Å². The van der Waals surface area contributed by atoms with Gasteiger partial charge in [-0.05, 0) is 66.4 Å². The van der Waals surface area contributed by atoms with Gasteiger partial charge in [0.1, 0.15) is 23.4 Å². The summed E-state index contributed by atoms with van der Waals surface area (Å²) in [6, 6.07) is 2.54. The molecule has 4 N–H and O–H groups in total. The Morgan fingerprint density at radius 3 is 2.27 bits per heavy atom. The molecule has 0 heterocycles. The molecule has 0 spiro atoms. The smallest absolute Gasteiger partial charge is 0.408 e. The van der Waals surface area contributed by atoms with E-state index in [4.69, 9.17) is 4.74 Å². The Bertz CT molecular complexity index is 950. The highest BCUT2D eigenvalue weighted by Gasteiger charge is 2.44. The molecular weight excluding hydrogens is 474 g/mol. The number of hydrogen-bond donors (Lipinski definition) is 4. The van der Waals surface area contributed by atoms with Crippen molar-refractivity contribution in [2.75, 3.05) is 6.61 Å². The maximum Gasteiger partial charge on any atom is 0.408 e. The summed E-state index contributed by atoms with van der Waals surface area (Å²) in [5.74, 6) is -1.13. The van der Waals surface area contributed by atoms with E-state index in [1.165, 1.54) is 4.90 Å². The number of aliphatic hydroxyl groups is 1. The van der Waals surface area contributed by atoms with Gasteiger partial charge in [0.2, 0.25) is 11.8 Å². The van der Waals surface area contributed by atoms with Gasteiger partial charge in [-0.25, -0.2) is 4.79 Å². The highest BCUT2D eigenvalue weighted by atomic mass is 16.6. The number of para-hydroxylation sites is 1. The van der Waals surface area contributed by atoms with Crippen molar-refractivity contribution in [1.82, 2.24) is 15.5 Å². The molecule has 1 saturated carbocycles. The first-order valence-corrected chi connectivity index (χ1v) is 13.2. The number of hydrogen-bond acceptors (Lipinski definition) is 6. The summed E-state index contributed by atoms with van der Waals surface area (Å²) >= 11 is 0. The third-order valence-electron chi connectivity index (χ3n) is 6.95. The van der Waals surface area contributed by atoms with Crippen LogP contribution >= 0.6 is 0 Å². The fourth-order valence-electron chi connectivity index (χ4n) is 4.58. The van der Waals surface area contributed by atoms with E-state index >= 15 is 0 Å². The van der Waals surface area contributed by atoms with Crippen molar-refractivity contribution in [3.63, 3.8) is 0 Å². The van der Waals surface area contributed by atoms with Gasteiger partial charge < -0.3 is 30.5 Å². The molecule has 2 unspecified atom stereocenters. The van der Waals surface area contributed by atoms with Crippen LogP contribution in [0.15, 0.2) is 18.2 Å². The average molecular weight is 520 g/mol. The Kier molecular flexibility index (Phi) is 10.4. The molecule has 9 heteroatoms. The normalized spacial score (nSPS) is 16.4. The predicted octanol–water partition coefficient (Wildman–Crippen LogP) is 4.09. The van der Waals surface area contributed by atoms with Crippen LogP contribution in [0.2, 0.25) is 0 Å². The number of aromatic hydroxyl groups is 1. The van der Waals surface area contributed by atoms with Gasteiger partial charge in [-0.1, -0.05) is 44.4 Å². The van der Waals surface area contributed by atoms with E-state index in [0.29, 0.717) is 12.0 Å². The van der Waals surface area contributed by atoms with Crippen LogP contribution in [0.25, 0.3) is 0 Å². The highest BCUT2D eigenvalue weighted by molar-refractivity contribution is 5.93. The summed E-state index contributed by atoms with van der Waals surface area (Å²) in [7, 11) is 0. The molecule has 1 aliphatic carbocycles. The Morgan fingerprint density at radius 2 is 1.73 bits per heavy atom. The van der Waals surface area contributed by atoms with E-state index in [9.17, 15) is 24.6 Å². The second-order valence-corrected chi connectivity index (χ2v) is 11.5. The lowest BCUT2D eigenvalue weighted by Crippen LogP contribution is -2.60. The molecule has 0 aromatic heterocycles. The van der Waals surface area contributed by atoms with Crippen LogP contribution in [0.1, 0.15) is 97.2 Å². The molecule has 0 saturated heterocycles. The first kappa shape index (κ1) is 30.4. The number of ether oxygens (including phenoxy) is 1. The molecule has 1 aromatic carbocycles. The Hall–Kier alpha value is -2.81. The van der Waals surface area contributed by atoms with Crippen LogP contribution < -0.4 is 10.6 Å². The number of nitrogens with one attached hydrogen (secondary N) is 2. The lowest BCUT2D eigenvalue weighted by atomic mass is 9.90. The largest absolute Gasteiger partial charge is 0.507 e. The number of amides is 3. The fourth-order valence-corrected chi connectivity index (χ4v) is 4.58. The lowest BCUT2D eigenvalue weighted by molar-refractivity contribution is -0.150. The monoisotopic (exact) mass is 519 g/mol. The number of rotatable bonds is 9. The predicted molar refractivity (Wildman–Crippen MR) is 142 cm³/mol. The number of phenolic OH excluding ortho intramolecular Hbond substituents is 1. The van der Waals surface area contributed by atoms with Crippen molar-refractivity contribution in [2.24, 2.45) is 0 Å². The van der Waals surface area contributed by atoms with Gasteiger partial charge in [0, 0.05) is 17.1 Å². The van der Waals surface area contributed by atoms with Crippen molar-refractivity contribution in [2.45, 2.75) is 116 Å². The molecule has 3 amide bonds. The molecule has 1 aromatic rings. The highest BCUT2D eigenvalue weighted by Crippen LogP contribution is 2.37. The third kappa shape index (κ3) is 8.09. The minimum absolute atomic E-state index is 0.0223. The van der Waals surface area contributed by atoms with Gasteiger partial charge in [-0.2, -0.15) is 0 Å². The number of alkyl carbamates (subject to hydrolysis) is 1. The van der Waals surface area contributed by atoms with Crippen LogP contribution in [0, 0.1) is 6.92 Å². The molecule has 9 nitrogen and oxygen atoms in total. The minimum atomic E-state index is -1.35. The maximum absolute atomic E-state index is 14.0. The molecule has 208 valence electrons. The number of benzene rings is 1. The summed E-state index contributed by atoms with van der Waals surface area (Å²) in [5, 5.41) is 26.7. The van der Waals surface area contributed by atoms with Crippen LogP contribution in [-0.4, -0.2) is 62.9 Å². The van der Waals surface area contributed by atoms with Gasteiger partial charge in [0.25, 0.3) is 0 Å². The zero-order valence-corrected chi connectivity index (χ0v) is 23.4. The molecule has 0 bridgehead atoms. The molecule has 1 aliphatic rings. The lowest BCUT2D eigenvalue weighted by Gasteiger charge is -2.45. The van der Waals surface area contributed by atoms with Crippen LogP contribution in [-0.2, 0) is 14.3 Å². The molecule has 0 radical (unpaired) electrons. The van der Waals surface area contributed by atoms with Gasteiger partial charge in [0.05, 0.1) is 6.61 Å². The standard InChI is InChI=1S/C28H45N3O6/c1-8-28(6,7)31(25(35)21(17-32)30-26(36)37-27(3,4)5)22(20-16-12-13-18(2)23(20)33)24(34)29-19-14-10-9-11-15-19/h12-13,16,19,21-22,32-33H,8-11,14-15,17H2,1-7H3,(H,29,34)(H,30,36). The van der Waals surface area contributed by atoms with Crippen LogP contribution in [0.4, 0.5) is 4.79 Å². The quantitative estimate of drug-likeness (QED) is 0.389. The first-order valence-electron chi connectivity index (χ1n) is 13.2. The average Bonchev–Trinajstić information content (AvgIpc) is 2.82. The van der Waals surface area contributed by atoms with E-state index < -0.39 is 47.7 Å². The number of aryl methyl sites for hydroxylation is 1. The number of carbonyl (C=O) groups is 3. The van der Waals surface area contributed by atoms with Gasteiger partial charge in [-0.3, -0.25) is 9.59 Å². The number of phenols is 1. The Morgan fingerprint density at radius 1 is 1.11 bits per heavy atom. The zero-order chi connectivity index (χ0) is 28.0. The van der Waals surface area contributed by atoms with Crippen molar-refractivity contribution in [3.05, 3.63) is 29.3 Å². The molecule has 37 heavy (non-hydrogen) atoms. The minimum Gasteiger partial charge on any atom is -0.507 e. The number of nitrogens with zero attached hydrogens (tertiary/aromatic N) is 1. The van der Waals surface area contributed by atoms with Crippen LogP contribution in [0.5, 0.6) is 5.75 Å².